The Morgan fingerprint density at radius 1 is 0.778 bits per heavy atom. The van der Waals surface area contributed by atoms with E-state index < -0.39 is 33.3 Å². The number of primary amides is 1. The normalized spacial score (nSPS) is 19.7. The molecular weight excluding hydrogens is 491 g/mol. The number of phosphoric acid groups is 1. The monoisotopic (exact) mass is 536 g/mol. The number of aliphatic hydroxyl groups excluding tert-OH is 2. The summed E-state index contributed by atoms with van der Waals surface area (Å²) in [5.74, 6) is -0.981. The molecular formula is C24H45N2O9P. The third-order valence-corrected chi connectivity index (χ3v) is 7.99. The number of hydrogen-bond acceptors (Lipinski definition) is 8. The molecule has 0 aromatic carbocycles. The maximum Gasteiger partial charge on any atom is 0.475 e. The van der Waals surface area contributed by atoms with Crippen LogP contribution in [0.3, 0.4) is 0 Å². The molecule has 3 saturated carbocycles. The highest BCUT2D eigenvalue weighted by molar-refractivity contribution is 7.48. The number of nitrogens with zero attached hydrogens (tertiary/aromatic N) is 1. The van der Waals surface area contributed by atoms with Gasteiger partial charge in [-0.2, -0.15) is 0 Å². The van der Waals surface area contributed by atoms with Crippen LogP contribution in [0, 0.1) is 0 Å². The fraction of sp³-hybridized carbons (Fsp3) is 0.833. The Labute approximate surface area is 214 Å². The van der Waals surface area contributed by atoms with Crippen LogP contribution in [0.4, 0.5) is 4.79 Å². The maximum atomic E-state index is 13.4. The molecule has 0 saturated heterocycles. The van der Waals surface area contributed by atoms with E-state index in [1.54, 1.807) is 0 Å². The number of carboxylic acid groups (broad SMARTS) is 1. The Hall–Kier alpha value is -1.49. The summed E-state index contributed by atoms with van der Waals surface area (Å²) in [5.41, 5.74) is 4.62. The second-order valence-electron chi connectivity index (χ2n) is 9.25. The van der Waals surface area contributed by atoms with E-state index in [4.69, 9.17) is 28.9 Å². The molecule has 210 valence electrons. The maximum absolute atomic E-state index is 13.4. The van der Waals surface area contributed by atoms with Gasteiger partial charge in [-0.05, 0) is 38.5 Å². The summed E-state index contributed by atoms with van der Waals surface area (Å²) >= 11 is 0. The molecule has 5 N–H and O–H groups in total. The molecule has 0 heterocycles. The second-order valence-corrected chi connectivity index (χ2v) is 10.8. The van der Waals surface area contributed by atoms with Gasteiger partial charge in [0.25, 0.3) is 0 Å². The molecule has 12 heteroatoms. The Morgan fingerprint density at radius 2 is 1.06 bits per heavy atom. The van der Waals surface area contributed by atoms with E-state index >= 15 is 0 Å². The number of hydrogen-bond donors (Lipinski definition) is 4. The van der Waals surface area contributed by atoms with Crippen molar-refractivity contribution in [3.05, 3.63) is 12.7 Å². The molecule has 3 rings (SSSR count). The first-order valence-corrected chi connectivity index (χ1v) is 14.5. The van der Waals surface area contributed by atoms with E-state index in [9.17, 15) is 14.2 Å². The second kappa shape index (κ2) is 18.7. The lowest BCUT2D eigenvalue weighted by Gasteiger charge is -2.33. The minimum atomic E-state index is -3.42. The lowest BCUT2D eigenvalue weighted by molar-refractivity contribution is -0.131. The number of rotatable bonds is 9. The Balaban J connectivity index is 0.000000414. The molecule has 3 aliphatic carbocycles. The van der Waals surface area contributed by atoms with Crippen LogP contribution in [-0.4, -0.2) is 64.0 Å². The van der Waals surface area contributed by atoms with E-state index in [0.29, 0.717) is 4.90 Å². The Kier molecular flexibility index (Phi) is 16.9. The van der Waals surface area contributed by atoms with E-state index in [1.165, 1.54) is 19.3 Å². The molecule has 0 unspecified atom stereocenters. The molecule has 0 radical (unpaired) electrons. The SMILES string of the molecule is C=CC(=O)O.NC(=O)N(CO)CO.O=P(OC1CCCCC1)(OC1CCCCC1)OC1CCCCC1. The lowest BCUT2D eigenvalue weighted by Crippen LogP contribution is -2.36. The molecule has 3 aliphatic rings. The standard InChI is InChI=1S/C18H33O4P.C3H8N2O3.C3H4O2/c19-23(20-16-10-4-1-5-11-16,21-17-12-6-2-7-13-17)22-18-14-8-3-9-15-18;4-3(8)5(1-6)2-7;1-2-3(4)5/h16-18H,1-15H2;6-7H,1-2H2,(H2,4,8);2H,1H2,(H,4,5). The van der Waals surface area contributed by atoms with Gasteiger partial charge in [0.05, 0.1) is 18.3 Å². The van der Waals surface area contributed by atoms with E-state index in [2.05, 4.69) is 12.3 Å². The summed E-state index contributed by atoms with van der Waals surface area (Å²) in [6, 6.07) is -0.838. The molecule has 11 nitrogen and oxygen atoms in total. The highest BCUT2D eigenvalue weighted by Gasteiger charge is 2.37. The molecule has 3 fully saturated rings. The van der Waals surface area contributed by atoms with Crippen molar-refractivity contribution in [2.75, 3.05) is 13.5 Å². The molecule has 0 aliphatic heterocycles. The molecule has 2 amide bonds. The molecule has 0 spiro atoms. The van der Waals surface area contributed by atoms with Gasteiger partial charge < -0.3 is 21.1 Å². The summed E-state index contributed by atoms with van der Waals surface area (Å²) in [4.78, 5) is 19.9. The molecule has 0 bridgehead atoms. The zero-order valence-electron chi connectivity index (χ0n) is 21.3. The number of nitrogens with two attached hydrogens (primary N) is 1. The largest absolute Gasteiger partial charge is 0.478 e. The van der Waals surface area contributed by atoms with E-state index in [0.717, 1.165) is 83.1 Å². The fourth-order valence-electron chi connectivity index (χ4n) is 4.32. The van der Waals surface area contributed by atoms with Gasteiger partial charge in [0.2, 0.25) is 0 Å². The van der Waals surface area contributed by atoms with Gasteiger partial charge in [0.15, 0.2) is 0 Å². The quantitative estimate of drug-likeness (QED) is 0.186. The Morgan fingerprint density at radius 3 is 1.22 bits per heavy atom. The van der Waals surface area contributed by atoms with Crippen LogP contribution in [0.25, 0.3) is 0 Å². The fourth-order valence-corrected chi connectivity index (χ4v) is 6.19. The molecule has 0 aromatic heterocycles. The minimum absolute atomic E-state index is 0.0572. The number of carbonyl (C=O) groups is 2. The van der Waals surface area contributed by atoms with Gasteiger partial charge in [-0.25, -0.2) is 14.2 Å². The average molecular weight is 537 g/mol. The summed E-state index contributed by atoms with van der Waals surface area (Å²) in [6.07, 6.45) is 17.7. The van der Waals surface area contributed by atoms with Gasteiger partial charge in [-0.1, -0.05) is 64.4 Å². The number of carboxylic acids is 1. The zero-order valence-corrected chi connectivity index (χ0v) is 22.2. The summed E-state index contributed by atoms with van der Waals surface area (Å²) in [7, 11) is -3.42. The van der Waals surface area contributed by atoms with Crippen LogP contribution in [0.5, 0.6) is 0 Å². The molecule has 0 atom stereocenters. The van der Waals surface area contributed by atoms with Gasteiger partial charge >= 0.3 is 19.8 Å². The highest BCUT2D eigenvalue weighted by Crippen LogP contribution is 2.56. The topological polar surface area (TPSA) is 169 Å². The van der Waals surface area contributed by atoms with E-state index in [-0.39, 0.29) is 18.3 Å². The Bertz CT molecular complexity index is 615. The van der Waals surface area contributed by atoms with Crippen LogP contribution in [0.15, 0.2) is 12.7 Å². The molecule has 36 heavy (non-hydrogen) atoms. The summed E-state index contributed by atoms with van der Waals surface area (Å²) < 4.78 is 31.3. The average Bonchev–Trinajstić information content (AvgIpc) is 2.87. The van der Waals surface area contributed by atoms with Crippen molar-refractivity contribution in [2.24, 2.45) is 5.73 Å². The van der Waals surface area contributed by atoms with Crippen molar-refractivity contribution in [1.82, 2.24) is 4.90 Å². The lowest BCUT2D eigenvalue weighted by atomic mass is 9.98. The van der Waals surface area contributed by atoms with Gasteiger partial charge in [0, 0.05) is 6.08 Å². The third-order valence-electron chi connectivity index (χ3n) is 6.32. The van der Waals surface area contributed by atoms with Gasteiger partial charge in [-0.15, -0.1) is 0 Å². The smallest absolute Gasteiger partial charge is 0.475 e. The first-order chi connectivity index (χ1) is 17.2. The predicted octanol–water partition coefficient (Wildman–Crippen LogP) is 4.67. The highest BCUT2D eigenvalue weighted by atomic mass is 31.2. The number of aliphatic hydroxyl groups is 2. The number of aliphatic carboxylic acids is 1. The van der Waals surface area contributed by atoms with Crippen LogP contribution < -0.4 is 5.73 Å². The van der Waals surface area contributed by atoms with Crippen molar-refractivity contribution >= 4 is 19.8 Å². The van der Waals surface area contributed by atoms with Crippen LogP contribution in [-0.2, 0) is 22.9 Å². The van der Waals surface area contributed by atoms with Crippen LogP contribution in [0.2, 0.25) is 0 Å². The number of carbonyl (C=O) groups excluding carboxylic acids is 1. The van der Waals surface area contributed by atoms with Crippen molar-refractivity contribution in [1.29, 1.82) is 0 Å². The number of urea groups is 1. The third kappa shape index (κ3) is 14.3. The van der Waals surface area contributed by atoms with Crippen molar-refractivity contribution in [2.45, 2.75) is 115 Å². The first-order valence-electron chi connectivity index (χ1n) is 13.0. The predicted molar refractivity (Wildman–Crippen MR) is 135 cm³/mol. The number of amides is 2. The summed E-state index contributed by atoms with van der Waals surface area (Å²) in [6.45, 7) is 1.86. The van der Waals surface area contributed by atoms with Crippen molar-refractivity contribution in [3.63, 3.8) is 0 Å². The zero-order chi connectivity index (χ0) is 26.8. The van der Waals surface area contributed by atoms with Gasteiger partial charge in [-0.3, -0.25) is 18.5 Å². The van der Waals surface area contributed by atoms with Gasteiger partial charge in [0.1, 0.15) is 13.5 Å². The van der Waals surface area contributed by atoms with E-state index in [1.807, 2.05) is 0 Å². The van der Waals surface area contributed by atoms with Crippen molar-refractivity contribution in [3.8, 4) is 0 Å². The molecule has 0 aromatic rings. The minimum Gasteiger partial charge on any atom is -0.478 e. The summed E-state index contributed by atoms with van der Waals surface area (Å²) in [5, 5.41) is 23.9. The number of phosphoric ester groups is 1. The first kappa shape index (κ1) is 32.5. The van der Waals surface area contributed by atoms with Crippen molar-refractivity contribution < 1.29 is 43.0 Å². The van der Waals surface area contributed by atoms with Crippen LogP contribution >= 0.6 is 7.82 Å². The van der Waals surface area contributed by atoms with Crippen LogP contribution in [0.1, 0.15) is 96.3 Å².